The van der Waals surface area contributed by atoms with Gasteiger partial charge in [0.05, 0.1) is 19.2 Å². The molecule has 0 bridgehead atoms. The fourth-order valence-corrected chi connectivity index (χ4v) is 2.53. The van der Waals surface area contributed by atoms with E-state index in [-0.39, 0.29) is 11.9 Å². The van der Waals surface area contributed by atoms with Gasteiger partial charge in [0.2, 0.25) is 5.91 Å². The summed E-state index contributed by atoms with van der Waals surface area (Å²) in [5, 5.41) is 0. The second-order valence-corrected chi connectivity index (χ2v) is 5.74. The van der Waals surface area contributed by atoms with Crippen LogP contribution in [0.2, 0.25) is 0 Å². The van der Waals surface area contributed by atoms with Crippen LogP contribution < -0.4 is 10.5 Å². The van der Waals surface area contributed by atoms with E-state index in [1.807, 2.05) is 37.4 Å². The molecule has 1 aromatic rings. The van der Waals surface area contributed by atoms with Crippen molar-refractivity contribution in [1.29, 1.82) is 0 Å². The van der Waals surface area contributed by atoms with E-state index in [2.05, 4.69) is 0 Å². The highest BCUT2D eigenvalue weighted by Crippen LogP contribution is 2.28. The Bertz CT molecular complexity index is 440. The second kappa shape index (κ2) is 8.17. The van der Waals surface area contributed by atoms with Gasteiger partial charge in [-0.1, -0.05) is 18.2 Å². The molecule has 0 aliphatic rings. The molecule has 0 saturated carbocycles. The molecule has 1 unspecified atom stereocenters. The molecule has 5 heteroatoms. The van der Waals surface area contributed by atoms with Crippen molar-refractivity contribution in [1.82, 2.24) is 4.90 Å². The number of benzene rings is 1. The molecular formula is C15H24N2O2S. The number of hydrogen-bond acceptors (Lipinski definition) is 4. The van der Waals surface area contributed by atoms with Crippen molar-refractivity contribution in [2.45, 2.75) is 25.4 Å². The standard InChI is InChI=1S/C15H24N2O2S/c1-11(12-7-5-6-8-14(12)19-3)17(2)15(18)13(16)9-10-20-4/h5-8,11,13H,9-10,16H2,1-4H3/t11?,13-/m0/s1. The first-order valence-electron chi connectivity index (χ1n) is 6.67. The lowest BCUT2D eigenvalue weighted by atomic mass is 10.0. The van der Waals surface area contributed by atoms with Crippen molar-refractivity contribution in [2.75, 3.05) is 26.2 Å². The van der Waals surface area contributed by atoms with E-state index in [9.17, 15) is 4.79 Å². The SMILES string of the molecule is COc1ccccc1C(C)N(C)C(=O)[C@@H](N)CCSC. The fraction of sp³-hybridized carbons (Fsp3) is 0.533. The summed E-state index contributed by atoms with van der Waals surface area (Å²) in [4.78, 5) is 14.0. The molecule has 0 aromatic heterocycles. The van der Waals surface area contributed by atoms with Gasteiger partial charge in [-0.15, -0.1) is 0 Å². The van der Waals surface area contributed by atoms with E-state index < -0.39 is 6.04 Å². The Labute approximate surface area is 125 Å². The largest absolute Gasteiger partial charge is 0.496 e. The minimum Gasteiger partial charge on any atom is -0.496 e. The first kappa shape index (κ1) is 16.9. The zero-order valence-corrected chi connectivity index (χ0v) is 13.4. The summed E-state index contributed by atoms with van der Waals surface area (Å²) in [6, 6.07) is 7.23. The van der Waals surface area contributed by atoms with Crippen molar-refractivity contribution >= 4 is 17.7 Å². The van der Waals surface area contributed by atoms with E-state index in [0.717, 1.165) is 17.1 Å². The highest BCUT2D eigenvalue weighted by molar-refractivity contribution is 7.98. The highest BCUT2D eigenvalue weighted by Gasteiger charge is 2.24. The molecule has 0 saturated heterocycles. The molecule has 0 spiro atoms. The van der Waals surface area contributed by atoms with E-state index in [1.165, 1.54) is 0 Å². The maximum atomic E-state index is 12.3. The Kier molecular flexibility index (Phi) is 6.88. The smallest absolute Gasteiger partial charge is 0.239 e. The lowest BCUT2D eigenvalue weighted by molar-refractivity contribution is -0.133. The van der Waals surface area contributed by atoms with Crippen molar-refractivity contribution in [3.8, 4) is 5.75 Å². The summed E-state index contributed by atoms with van der Waals surface area (Å²) in [6.07, 6.45) is 2.71. The molecule has 2 N–H and O–H groups in total. The number of para-hydroxylation sites is 1. The normalized spacial score (nSPS) is 13.7. The third kappa shape index (κ3) is 4.15. The summed E-state index contributed by atoms with van der Waals surface area (Å²) in [5.74, 6) is 1.65. The molecule has 0 radical (unpaired) electrons. The first-order chi connectivity index (χ1) is 9.52. The van der Waals surface area contributed by atoms with Gasteiger partial charge in [0, 0.05) is 12.6 Å². The molecule has 2 atom stereocenters. The average molecular weight is 296 g/mol. The number of nitrogens with two attached hydrogens (primary N) is 1. The number of thioether (sulfide) groups is 1. The van der Waals surface area contributed by atoms with Gasteiger partial charge in [-0.05, 0) is 31.4 Å². The van der Waals surface area contributed by atoms with E-state index in [1.54, 1.807) is 30.8 Å². The predicted octanol–water partition coefficient (Wildman–Crippen LogP) is 2.29. The van der Waals surface area contributed by atoms with Crippen molar-refractivity contribution in [3.05, 3.63) is 29.8 Å². The molecule has 0 aliphatic carbocycles. The Hall–Kier alpha value is -1.20. The number of rotatable bonds is 7. The fourth-order valence-electron chi connectivity index (χ4n) is 2.04. The number of hydrogen-bond donors (Lipinski definition) is 1. The van der Waals surface area contributed by atoms with Gasteiger partial charge in [0.25, 0.3) is 0 Å². The maximum Gasteiger partial charge on any atom is 0.239 e. The lowest BCUT2D eigenvalue weighted by Crippen LogP contribution is -2.43. The van der Waals surface area contributed by atoms with Crippen LogP contribution in [0.1, 0.15) is 24.9 Å². The van der Waals surface area contributed by atoms with Gasteiger partial charge in [0.1, 0.15) is 5.75 Å². The summed E-state index contributed by atoms with van der Waals surface area (Å²) in [5.41, 5.74) is 6.94. The van der Waals surface area contributed by atoms with Crippen LogP contribution in [0.4, 0.5) is 0 Å². The van der Waals surface area contributed by atoms with Crippen LogP contribution in [0, 0.1) is 0 Å². The van der Waals surface area contributed by atoms with Gasteiger partial charge < -0.3 is 15.4 Å². The number of methoxy groups -OCH3 is 1. The minimum atomic E-state index is -0.440. The molecule has 1 amide bonds. The number of carbonyl (C=O) groups excluding carboxylic acids is 1. The van der Waals surface area contributed by atoms with Crippen LogP contribution in [0.15, 0.2) is 24.3 Å². The summed E-state index contributed by atoms with van der Waals surface area (Å²) in [6.45, 7) is 1.98. The Morgan fingerprint density at radius 1 is 1.45 bits per heavy atom. The zero-order valence-electron chi connectivity index (χ0n) is 12.6. The zero-order chi connectivity index (χ0) is 15.1. The van der Waals surface area contributed by atoms with Crippen molar-refractivity contribution in [3.63, 3.8) is 0 Å². The van der Waals surface area contributed by atoms with Crippen LogP contribution in [-0.4, -0.2) is 43.0 Å². The van der Waals surface area contributed by atoms with Gasteiger partial charge in [-0.25, -0.2) is 0 Å². The third-order valence-electron chi connectivity index (χ3n) is 3.47. The van der Waals surface area contributed by atoms with E-state index in [4.69, 9.17) is 10.5 Å². The summed E-state index contributed by atoms with van der Waals surface area (Å²) >= 11 is 1.70. The van der Waals surface area contributed by atoms with Gasteiger partial charge >= 0.3 is 0 Å². The lowest BCUT2D eigenvalue weighted by Gasteiger charge is -2.28. The molecular weight excluding hydrogens is 272 g/mol. The van der Waals surface area contributed by atoms with Crippen LogP contribution >= 0.6 is 11.8 Å². The summed E-state index contributed by atoms with van der Waals surface area (Å²) < 4.78 is 5.35. The van der Waals surface area contributed by atoms with Gasteiger partial charge in [0.15, 0.2) is 0 Å². The number of ether oxygens (including phenoxy) is 1. The van der Waals surface area contributed by atoms with E-state index in [0.29, 0.717) is 6.42 Å². The maximum absolute atomic E-state index is 12.3. The molecule has 0 heterocycles. The third-order valence-corrected chi connectivity index (χ3v) is 4.11. The number of likely N-dealkylation sites (N-methyl/N-ethyl adjacent to an activating group) is 1. The summed E-state index contributed by atoms with van der Waals surface area (Å²) in [7, 11) is 3.43. The molecule has 4 nitrogen and oxygen atoms in total. The first-order valence-corrected chi connectivity index (χ1v) is 8.06. The van der Waals surface area contributed by atoms with Crippen LogP contribution in [0.25, 0.3) is 0 Å². The van der Waals surface area contributed by atoms with Gasteiger partial charge in [-0.3, -0.25) is 4.79 Å². The van der Waals surface area contributed by atoms with Crippen LogP contribution in [0.3, 0.4) is 0 Å². The highest BCUT2D eigenvalue weighted by atomic mass is 32.2. The minimum absolute atomic E-state index is 0.0301. The molecule has 1 aromatic carbocycles. The molecule has 0 fully saturated rings. The van der Waals surface area contributed by atoms with Crippen LogP contribution in [0.5, 0.6) is 5.75 Å². The molecule has 112 valence electrons. The van der Waals surface area contributed by atoms with Crippen molar-refractivity contribution < 1.29 is 9.53 Å². The van der Waals surface area contributed by atoms with Gasteiger partial charge in [-0.2, -0.15) is 11.8 Å². The molecule has 0 aliphatic heterocycles. The number of carbonyl (C=O) groups is 1. The number of nitrogens with zero attached hydrogens (tertiary/aromatic N) is 1. The number of amides is 1. The average Bonchev–Trinajstić information content (AvgIpc) is 2.50. The second-order valence-electron chi connectivity index (χ2n) is 4.76. The molecule has 1 rings (SSSR count). The monoisotopic (exact) mass is 296 g/mol. The van der Waals surface area contributed by atoms with Crippen molar-refractivity contribution in [2.24, 2.45) is 5.73 Å². The molecule has 20 heavy (non-hydrogen) atoms. The van der Waals surface area contributed by atoms with E-state index >= 15 is 0 Å². The Balaban J connectivity index is 2.80. The Morgan fingerprint density at radius 2 is 2.10 bits per heavy atom. The predicted molar refractivity (Wildman–Crippen MR) is 85.2 cm³/mol. The quantitative estimate of drug-likeness (QED) is 0.839. The Morgan fingerprint density at radius 3 is 2.70 bits per heavy atom. The van der Waals surface area contributed by atoms with Crippen LogP contribution in [-0.2, 0) is 4.79 Å². The topological polar surface area (TPSA) is 55.6 Å².